The van der Waals surface area contributed by atoms with Crippen molar-refractivity contribution in [3.05, 3.63) is 114 Å². The number of H-pyrrole nitrogens is 1. The van der Waals surface area contributed by atoms with E-state index in [2.05, 4.69) is 75.0 Å². The van der Waals surface area contributed by atoms with E-state index in [4.69, 9.17) is 5.21 Å². The molecule has 2 aromatic heterocycles. The lowest BCUT2D eigenvalue weighted by atomic mass is 10.1. The molecule has 8 nitrogen and oxygen atoms in total. The van der Waals surface area contributed by atoms with Gasteiger partial charge >= 0.3 is 0 Å². The van der Waals surface area contributed by atoms with Gasteiger partial charge in [0.05, 0.1) is 5.39 Å². The van der Waals surface area contributed by atoms with Crippen LogP contribution in [0.3, 0.4) is 0 Å². The van der Waals surface area contributed by atoms with Crippen LogP contribution in [-0.2, 0) is 13.1 Å². The average Bonchev–Trinajstić information content (AvgIpc) is 3.39. The van der Waals surface area contributed by atoms with Crippen LogP contribution in [0.5, 0.6) is 0 Å². The second-order valence-corrected chi connectivity index (χ2v) is 8.88. The Bertz CT molecular complexity index is 1480. The monoisotopic (exact) mass is 492 g/mol. The van der Waals surface area contributed by atoms with E-state index in [1.165, 1.54) is 5.56 Å². The fourth-order valence-corrected chi connectivity index (χ4v) is 4.23. The van der Waals surface area contributed by atoms with Gasteiger partial charge in [-0.15, -0.1) is 0 Å². The fraction of sp³-hybridized carbons (Fsp3) is 0.138. The first-order valence-electron chi connectivity index (χ1n) is 12.1. The molecule has 0 fully saturated rings. The van der Waals surface area contributed by atoms with Crippen molar-refractivity contribution in [3.63, 3.8) is 0 Å². The lowest BCUT2D eigenvalue weighted by Crippen LogP contribution is -2.18. The summed E-state index contributed by atoms with van der Waals surface area (Å²) in [5.41, 5.74) is 8.31. The number of hydroxylamine groups is 1. The van der Waals surface area contributed by atoms with Gasteiger partial charge in [-0.1, -0.05) is 66.7 Å². The number of carbonyl (C=O) groups excluding carboxylic acids is 1. The normalized spacial score (nSPS) is 11.8. The fourth-order valence-electron chi connectivity index (χ4n) is 4.23. The van der Waals surface area contributed by atoms with Gasteiger partial charge in [-0.05, 0) is 47.4 Å². The van der Waals surface area contributed by atoms with Gasteiger partial charge in [-0.3, -0.25) is 10.0 Å². The second-order valence-electron chi connectivity index (χ2n) is 8.88. The molecule has 0 aliphatic carbocycles. The zero-order chi connectivity index (χ0) is 25.6. The largest absolute Gasteiger partial charge is 0.363 e. The SMILES string of the molecule is CC(Nc1ncnc2[nH]c(-c3ccc(CNCc4ccc(C(=O)NO)cc4)cc3)cc12)c1ccccc1. The minimum absolute atomic E-state index is 0.113. The molecule has 0 bridgehead atoms. The number of anilines is 1. The van der Waals surface area contributed by atoms with E-state index in [0.717, 1.165) is 39.2 Å². The molecule has 0 spiro atoms. The van der Waals surface area contributed by atoms with Crippen molar-refractivity contribution in [2.75, 3.05) is 5.32 Å². The molecule has 1 atom stereocenters. The first kappa shape index (κ1) is 24.2. The molecule has 186 valence electrons. The van der Waals surface area contributed by atoms with Gasteiger partial charge in [0.2, 0.25) is 0 Å². The van der Waals surface area contributed by atoms with Crippen LogP contribution >= 0.6 is 0 Å². The number of fused-ring (bicyclic) bond motifs is 1. The Balaban J connectivity index is 1.23. The number of rotatable bonds is 9. The van der Waals surface area contributed by atoms with Crippen molar-refractivity contribution in [2.24, 2.45) is 0 Å². The Labute approximate surface area is 214 Å². The molecular weight excluding hydrogens is 464 g/mol. The summed E-state index contributed by atoms with van der Waals surface area (Å²) in [4.78, 5) is 23.8. The summed E-state index contributed by atoms with van der Waals surface area (Å²) in [6.45, 7) is 3.50. The van der Waals surface area contributed by atoms with Gasteiger partial charge in [0, 0.05) is 30.4 Å². The van der Waals surface area contributed by atoms with Gasteiger partial charge < -0.3 is 15.6 Å². The molecule has 0 aliphatic heterocycles. The predicted molar refractivity (Wildman–Crippen MR) is 144 cm³/mol. The van der Waals surface area contributed by atoms with Crippen LogP contribution in [0.2, 0.25) is 0 Å². The van der Waals surface area contributed by atoms with Crippen molar-refractivity contribution < 1.29 is 10.0 Å². The number of hydrogen-bond donors (Lipinski definition) is 5. The Morgan fingerprint density at radius 1 is 0.919 bits per heavy atom. The molecule has 1 unspecified atom stereocenters. The first-order chi connectivity index (χ1) is 18.1. The molecule has 0 radical (unpaired) electrons. The number of nitrogens with zero attached hydrogens (tertiary/aromatic N) is 2. The van der Waals surface area contributed by atoms with Crippen LogP contribution in [0.25, 0.3) is 22.3 Å². The Hall–Kier alpha value is -4.53. The highest BCUT2D eigenvalue weighted by molar-refractivity contribution is 5.93. The van der Waals surface area contributed by atoms with Gasteiger partial charge in [-0.2, -0.15) is 0 Å². The van der Waals surface area contributed by atoms with Gasteiger partial charge in [0.1, 0.15) is 17.8 Å². The van der Waals surface area contributed by atoms with E-state index in [9.17, 15) is 4.79 Å². The van der Waals surface area contributed by atoms with Crippen molar-refractivity contribution in [1.29, 1.82) is 0 Å². The van der Waals surface area contributed by atoms with E-state index in [-0.39, 0.29) is 6.04 Å². The third-order valence-corrected chi connectivity index (χ3v) is 6.32. The van der Waals surface area contributed by atoms with Crippen LogP contribution in [0, 0.1) is 0 Å². The summed E-state index contributed by atoms with van der Waals surface area (Å²) in [5.74, 6) is 0.283. The van der Waals surface area contributed by atoms with Crippen molar-refractivity contribution in [1.82, 2.24) is 25.7 Å². The topological polar surface area (TPSA) is 115 Å². The molecule has 5 aromatic rings. The average molecular weight is 493 g/mol. The third-order valence-electron chi connectivity index (χ3n) is 6.32. The van der Waals surface area contributed by atoms with E-state index >= 15 is 0 Å². The molecule has 0 saturated heterocycles. The Kier molecular flexibility index (Phi) is 7.21. The maximum absolute atomic E-state index is 11.4. The molecule has 1 amide bonds. The highest BCUT2D eigenvalue weighted by Gasteiger charge is 2.12. The van der Waals surface area contributed by atoms with Crippen LogP contribution in [0.1, 0.15) is 40.0 Å². The third kappa shape index (κ3) is 5.66. The molecule has 0 saturated carbocycles. The maximum atomic E-state index is 11.4. The summed E-state index contributed by atoms with van der Waals surface area (Å²) in [6.07, 6.45) is 1.58. The number of benzene rings is 3. The van der Waals surface area contributed by atoms with E-state index in [1.807, 2.05) is 30.3 Å². The quantitative estimate of drug-likeness (QED) is 0.143. The minimum atomic E-state index is -0.518. The number of hydrogen-bond acceptors (Lipinski definition) is 6. The summed E-state index contributed by atoms with van der Waals surface area (Å²) in [6, 6.07) is 28.0. The molecule has 5 N–H and O–H groups in total. The molecule has 2 heterocycles. The molecule has 8 heteroatoms. The molecular formula is C29H28N6O2. The summed E-state index contributed by atoms with van der Waals surface area (Å²) < 4.78 is 0. The lowest BCUT2D eigenvalue weighted by Gasteiger charge is -2.15. The summed E-state index contributed by atoms with van der Waals surface area (Å²) >= 11 is 0. The van der Waals surface area contributed by atoms with Crippen molar-refractivity contribution >= 4 is 22.8 Å². The zero-order valence-corrected chi connectivity index (χ0v) is 20.4. The van der Waals surface area contributed by atoms with Gasteiger partial charge in [-0.25, -0.2) is 15.4 Å². The minimum Gasteiger partial charge on any atom is -0.363 e. The smallest absolute Gasteiger partial charge is 0.274 e. The van der Waals surface area contributed by atoms with Crippen molar-refractivity contribution in [3.8, 4) is 11.3 Å². The van der Waals surface area contributed by atoms with E-state index in [1.54, 1.807) is 23.9 Å². The molecule has 3 aromatic carbocycles. The molecule has 37 heavy (non-hydrogen) atoms. The summed E-state index contributed by atoms with van der Waals surface area (Å²) in [5, 5.41) is 16.6. The Morgan fingerprint density at radius 2 is 1.59 bits per heavy atom. The highest BCUT2D eigenvalue weighted by atomic mass is 16.5. The van der Waals surface area contributed by atoms with Crippen LogP contribution in [0.15, 0.2) is 91.3 Å². The van der Waals surface area contributed by atoms with E-state index in [0.29, 0.717) is 18.7 Å². The summed E-state index contributed by atoms with van der Waals surface area (Å²) in [7, 11) is 0. The van der Waals surface area contributed by atoms with E-state index < -0.39 is 5.91 Å². The van der Waals surface area contributed by atoms with Gasteiger partial charge in [0.15, 0.2) is 0 Å². The van der Waals surface area contributed by atoms with Gasteiger partial charge in [0.25, 0.3) is 5.91 Å². The van der Waals surface area contributed by atoms with Crippen LogP contribution < -0.4 is 16.1 Å². The maximum Gasteiger partial charge on any atom is 0.274 e. The standard InChI is InChI=1S/C29H28N6O2/c1-19(22-5-3-2-4-6-22)33-27-25-15-26(34-28(25)32-18-31-27)23-11-7-20(8-12-23)16-30-17-21-9-13-24(14-10-21)29(36)35-37/h2-15,18-19,30,37H,16-17H2,1H3,(H,35,36)(H2,31,32,33,34). The first-order valence-corrected chi connectivity index (χ1v) is 12.1. The second kappa shape index (κ2) is 11.0. The van der Waals surface area contributed by atoms with Crippen LogP contribution in [-0.4, -0.2) is 26.1 Å². The number of nitrogens with one attached hydrogen (secondary N) is 4. The number of carbonyl (C=O) groups is 1. The number of amides is 1. The predicted octanol–water partition coefficient (Wildman–Crippen LogP) is 5.21. The highest BCUT2D eigenvalue weighted by Crippen LogP contribution is 2.29. The Morgan fingerprint density at radius 3 is 2.27 bits per heavy atom. The molecule has 5 rings (SSSR count). The zero-order valence-electron chi connectivity index (χ0n) is 20.4. The van der Waals surface area contributed by atoms with Crippen LogP contribution in [0.4, 0.5) is 5.82 Å². The van der Waals surface area contributed by atoms with Crippen molar-refractivity contribution in [2.45, 2.75) is 26.1 Å². The number of aromatic nitrogens is 3. The number of aromatic amines is 1. The lowest BCUT2D eigenvalue weighted by molar-refractivity contribution is 0.0706. The molecule has 0 aliphatic rings.